The monoisotopic (exact) mass is 334 g/mol. The third-order valence-corrected chi connectivity index (χ3v) is 3.29. The molecule has 0 aliphatic carbocycles. The molecule has 1 aromatic carbocycles. The predicted molar refractivity (Wildman–Crippen MR) is 68.1 cm³/mol. The highest BCUT2D eigenvalue weighted by molar-refractivity contribution is 9.09. The molecule has 0 saturated carbocycles. The molecule has 1 aromatic rings. The number of carbonyl (C=O) groups is 1. The molecule has 82 valence electrons. The van der Waals surface area contributed by atoms with Crippen LogP contribution in [0.4, 0.5) is 0 Å². The number of rotatable bonds is 5. The molecule has 0 N–H and O–H groups in total. The van der Waals surface area contributed by atoms with Crippen LogP contribution in [-0.4, -0.2) is 18.2 Å². The summed E-state index contributed by atoms with van der Waals surface area (Å²) in [6, 6.07) is 5.84. The second kappa shape index (κ2) is 6.28. The molecular formula is C11H12Br2O2. The van der Waals surface area contributed by atoms with E-state index in [1.54, 1.807) is 7.11 Å². The number of hydrogen-bond donors (Lipinski definition) is 0. The van der Waals surface area contributed by atoms with Crippen molar-refractivity contribution in [2.24, 2.45) is 0 Å². The molecule has 2 nitrogen and oxygen atoms in total. The highest BCUT2D eigenvalue weighted by atomic mass is 79.9. The number of Topliss-reactive ketones (excluding diaryl/α,β-unsaturated/α-hetero) is 1. The van der Waals surface area contributed by atoms with Crippen molar-refractivity contribution in [1.29, 1.82) is 0 Å². The largest absolute Gasteiger partial charge is 0.496 e. The quantitative estimate of drug-likeness (QED) is 0.773. The molecule has 0 aliphatic heterocycles. The molecule has 0 bridgehead atoms. The van der Waals surface area contributed by atoms with E-state index < -0.39 is 0 Å². The van der Waals surface area contributed by atoms with Crippen molar-refractivity contribution < 1.29 is 9.53 Å². The molecular weight excluding hydrogens is 324 g/mol. The van der Waals surface area contributed by atoms with Crippen molar-refractivity contribution >= 4 is 37.6 Å². The first-order valence-electron chi connectivity index (χ1n) is 4.51. The van der Waals surface area contributed by atoms with E-state index in [2.05, 4.69) is 31.9 Å². The van der Waals surface area contributed by atoms with E-state index in [4.69, 9.17) is 4.74 Å². The second-order valence-corrected chi connectivity index (χ2v) is 4.21. The fourth-order valence-electron chi connectivity index (χ4n) is 1.40. The highest BCUT2D eigenvalue weighted by Gasteiger charge is 2.10. The summed E-state index contributed by atoms with van der Waals surface area (Å²) in [6.45, 7) is 0. The van der Waals surface area contributed by atoms with E-state index in [1.807, 2.05) is 18.2 Å². The summed E-state index contributed by atoms with van der Waals surface area (Å²) >= 11 is 6.55. The van der Waals surface area contributed by atoms with Gasteiger partial charge in [0.15, 0.2) is 0 Å². The van der Waals surface area contributed by atoms with Gasteiger partial charge in [-0.3, -0.25) is 4.79 Å². The minimum absolute atomic E-state index is 0.153. The van der Waals surface area contributed by atoms with Crippen molar-refractivity contribution in [2.75, 3.05) is 12.4 Å². The number of alkyl halides is 2. The Balaban J connectivity index is 3.00. The zero-order chi connectivity index (χ0) is 11.3. The Labute approximate surface area is 106 Å². The third-order valence-electron chi connectivity index (χ3n) is 2.06. The van der Waals surface area contributed by atoms with E-state index in [-0.39, 0.29) is 5.78 Å². The van der Waals surface area contributed by atoms with E-state index >= 15 is 0 Å². The molecule has 0 aliphatic rings. The molecule has 1 rings (SSSR count). The van der Waals surface area contributed by atoms with Crippen LogP contribution in [0.25, 0.3) is 0 Å². The second-order valence-electron chi connectivity index (χ2n) is 3.09. The van der Waals surface area contributed by atoms with Gasteiger partial charge in [0.05, 0.1) is 12.4 Å². The smallest absolute Gasteiger partial charge is 0.147 e. The molecule has 4 heteroatoms. The Morgan fingerprint density at radius 2 is 2.00 bits per heavy atom. The molecule has 0 amide bonds. The van der Waals surface area contributed by atoms with Crippen molar-refractivity contribution in [2.45, 2.75) is 11.8 Å². The molecule has 0 fully saturated rings. The summed E-state index contributed by atoms with van der Waals surface area (Å²) in [7, 11) is 1.63. The average molecular weight is 336 g/mol. The van der Waals surface area contributed by atoms with Gasteiger partial charge in [0.25, 0.3) is 0 Å². The van der Waals surface area contributed by atoms with E-state index in [0.717, 1.165) is 22.2 Å². The maximum atomic E-state index is 11.3. The van der Waals surface area contributed by atoms with Gasteiger partial charge in [0.2, 0.25) is 0 Å². The minimum atomic E-state index is 0.153. The molecule has 0 saturated heterocycles. The summed E-state index contributed by atoms with van der Waals surface area (Å²) in [6.07, 6.45) is 0.412. The molecule has 0 spiro atoms. The number of ether oxygens (including phenoxy) is 1. The zero-order valence-electron chi connectivity index (χ0n) is 8.43. The van der Waals surface area contributed by atoms with E-state index in [1.165, 1.54) is 0 Å². The van der Waals surface area contributed by atoms with Crippen molar-refractivity contribution in [3.05, 3.63) is 29.3 Å². The highest BCUT2D eigenvalue weighted by Crippen LogP contribution is 2.26. The van der Waals surface area contributed by atoms with Crippen LogP contribution < -0.4 is 4.74 Å². The average Bonchev–Trinajstić information content (AvgIpc) is 2.28. The van der Waals surface area contributed by atoms with Gasteiger partial charge in [-0.15, -0.1) is 0 Å². The summed E-state index contributed by atoms with van der Waals surface area (Å²) < 4.78 is 5.32. The number of para-hydroxylation sites is 1. The SMILES string of the molecule is COc1c(CBr)cccc1CC(=O)CBr. The number of ketones is 1. The summed E-state index contributed by atoms with van der Waals surface area (Å²) in [5, 5.41) is 1.11. The lowest BCUT2D eigenvalue weighted by Crippen LogP contribution is -2.06. The van der Waals surface area contributed by atoms with Gasteiger partial charge in [0, 0.05) is 22.9 Å². The molecule has 0 heterocycles. The Morgan fingerprint density at radius 1 is 1.33 bits per heavy atom. The predicted octanol–water partition coefficient (Wildman–Crippen LogP) is 3.10. The standard InChI is InChI=1S/C11H12Br2O2/c1-15-11-8(5-10(14)7-13)3-2-4-9(11)6-12/h2-4H,5-7H2,1H3. The molecule has 0 aromatic heterocycles. The Morgan fingerprint density at radius 3 is 2.53 bits per heavy atom. The molecule has 0 atom stereocenters. The maximum absolute atomic E-state index is 11.3. The van der Waals surface area contributed by atoms with Gasteiger partial charge in [-0.05, 0) is 0 Å². The van der Waals surface area contributed by atoms with Crippen LogP contribution in [0.5, 0.6) is 5.75 Å². The van der Waals surface area contributed by atoms with Gasteiger partial charge in [-0.2, -0.15) is 0 Å². The first-order chi connectivity index (χ1) is 7.22. The van der Waals surface area contributed by atoms with E-state index in [0.29, 0.717) is 11.8 Å². The lowest BCUT2D eigenvalue weighted by molar-refractivity contribution is -0.115. The van der Waals surface area contributed by atoms with Gasteiger partial charge in [-0.1, -0.05) is 50.1 Å². The normalized spacial score (nSPS) is 10.1. The lowest BCUT2D eigenvalue weighted by Gasteiger charge is -2.11. The zero-order valence-corrected chi connectivity index (χ0v) is 11.6. The van der Waals surface area contributed by atoms with Gasteiger partial charge in [0.1, 0.15) is 11.5 Å². The summed E-state index contributed by atoms with van der Waals surface area (Å²) in [5.74, 6) is 0.962. The molecule has 0 unspecified atom stereocenters. The maximum Gasteiger partial charge on any atom is 0.147 e. The Kier molecular flexibility index (Phi) is 5.32. The fourth-order valence-corrected chi connectivity index (χ4v) is 2.04. The van der Waals surface area contributed by atoms with Gasteiger partial charge >= 0.3 is 0 Å². The van der Waals surface area contributed by atoms with E-state index in [9.17, 15) is 4.79 Å². The number of hydrogen-bond acceptors (Lipinski definition) is 2. The van der Waals surface area contributed by atoms with Crippen LogP contribution in [0.15, 0.2) is 18.2 Å². The first-order valence-corrected chi connectivity index (χ1v) is 6.75. The van der Waals surface area contributed by atoms with Crippen LogP contribution in [0.3, 0.4) is 0 Å². The van der Waals surface area contributed by atoms with Crippen molar-refractivity contribution in [3.8, 4) is 5.75 Å². The number of methoxy groups -OCH3 is 1. The molecule has 15 heavy (non-hydrogen) atoms. The summed E-state index contributed by atoms with van der Waals surface area (Å²) in [4.78, 5) is 11.3. The van der Waals surface area contributed by atoms with Crippen LogP contribution >= 0.6 is 31.9 Å². The molecule has 0 radical (unpaired) electrons. The van der Waals surface area contributed by atoms with Crippen LogP contribution in [0.2, 0.25) is 0 Å². The number of halogens is 2. The van der Waals surface area contributed by atoms with Crippen LogP contribution in [-0.2, 0) is 16.5 Å². The van der Waals surface area contributed by atoms with Crippen LogP contribution in [0.1, 0.15) is 11.1 Å². The Hall–Kier alpha value is -0.350. The minimum Gasteiger partial charge on any atom is -0.496 e. The van der Waals surface area contributed by atoms with Crippen molar-refractivity contribution in [3.63, 3.8) is 0 Å². The first kappa shape index (κ1) is 12.7. The van der Waals surface area contributed by atoms with Crippen molar-refractivity contribution in [1.82, 2.24) is 0 Å². The van der Waals surface area contributed by atoms with Gasteiger partial charge < -0.3 is 4.74 Å². The number of benzene rings is 1. The lowest BCUT2D eigenvalue weighted by atomic mass is 10.1. The van der Waals surface area contributed by atoms with Crippen LogP contribution in [0, 0.1) is 0 Å². The fraction of sp³-hybridized carbons (Fsp3) is 0.364. The number of carbonyl (C=O) groups excluding carboxylic acids is 1. The third kappa shape index (κ3) is 3.31. The van der Waals surface area contributed by atoms with Gasteiger partial charge in [-0.25, -0.2) is 0 Å². The summed E-state index contributed by atoms with van der Waals surface area (Å²) in [5.41, 5.74) is 2.01. The Bertz CT molecular complexity index is 350. The topological polar surface area (TPSA) is 26.3 Å².